The quantitative estimate of drug-likeness (QED) is 0.190. The van der Waals surface area contributed by atoms with Crippen LogP contribution in [0.1, 0.15) is 108 Å². The molecule has 4 N–H and O–H groups in total. The second-order valence-corrected chi connectivity index (χ2v) is 17.6. The highest BCUT2D eigenvalue weighted by atomic mass is 16.7. The predicted octanol–water partition coefficient (Wildman–Crippen LogP) is 4.03. The maximum Gasteiger partial charge on any atom is 0.311 e. The topological polar surface area (TPSA) is 142 Å². The van der Waals surface area contributed by atoms with E-state index in [1.165, 1.54) is 6.92 Å². The number of aliphatic hydroxyl groups is 3. The van der Waals surface area contributed by atoms with Gasteiger partial charge in [-0.05, 0) is 99.8 Å². The maximum atomic E-state index is 14.2. The third kappa shape index (κ3) is 12.0. The lowest BCUT2D eigenvalue weighted by Crippen LogP contribution is -2.56. The van der Waals surface area contributed by atoms with Crippen LogP contribution in [-0.4, -0.2) is 145 Å². The number of hydrogen-bond donors (Lipinski definition) is 4. The number of nitrogens with zero attached hydrogens (tertiary/aromatic N) is 2. The van der Waals surface area contributed by atoms with Gasteiger partial charge in [-0.3, -0.25) is 4.79 Å². The summed E-state index contributed by atoms with van der Waals surface area (Å²) in [5.41, 5.74) is -3.06. The third-order valence-electron chi connectivity index (χ3n) is 12.2. The van der Waals surface area contributed by atoms with Gasteiger partial charge in [0.15, 0.2) is 12.6 Å². The molecule has 12 heteroatoms. The van der Waals surface area contributed by atoms with Gasteiger partial charge in [0, 0.05) is 50.4 Å². The summed E-state index contributed by atoms with van der Waals surface area (Å²) in [7, 11) is 6.01. The van der Waals surface area contributed by atoms with Crippen molar-refractivity contribution in [2.75, 3.05) is 47.3 Å². The molecule has 0 bridgehead atoms. The molecule has 0 aromatic rings. The molecule has 3 aliphatic heterocycles. The van der Waals surface area contributed by atoms with Gasteiger partial charge in [0.2, 0.25) is 0 Å². The van der Waals surface area contributed by atoms with E-state index in [2.05, 4.69) is 52.0 Å². The predicted molar refractivity (Wildman–Crippen MR) is 203 cm³/mol. The smallest absolute Gasteiger partial charge is 0.311 e. The maximum absolute atomic E-state index is 14.2. The molecule has 0 radical (unpaired) electrons. The van der Waals surface area contributed by atoms with E-state index in [0.29, 0.717) is 44.1 Å². The molecule has 0 spiro atoms. The number of nitrogens with one attached hydrogen (secondary N) is 1. The van der Waals surface area contributed by atoms with Crippen LogP contribution in [0.3, 0.4) is 0 Å². The van der Waals surface area contributed by atoms with E-state index in [0.717, 1.165) is 25.9 Å². The van der Waals surface area contributed by atoms with Crippen LogP contribution in [0.15, 0.2) is 0 Å². The number of β-amino-alcohol motifs (C(OH)–C–C–N with tert-alkyl or cyclic N) is 1. The molecular weight excluding hydrogens is 666 g/mol. The molecule has 16 atom stereocenters. The van der Waals surface area contributed by atoms with Crippen molar-refractivity contribution in [2.24, 2.45) is 29.6 Å². The van der Waals surface area contributed by atoms with Crippen LogP contribution in [0.5, 0.6) is 0 Å². The molecule has 3 heterocycles. The molecule has 3 aliphatic rings. The van der Waals surface area contributed by atoms with Gasteiger partial charge >= 0.3 is 5.97 Å². The summed E-state index contributed by atoms with van der Waals surface area (Å²) in [5, 5.41) is 38.9. The van der Waals surface area contributed by atoms with Gasteiger partial charge in [-0.1, -0.05) is 34.6 Å². The molecule has 306 valence electrons. The van der Waals surface area contributed by atoms with E-state index >= 15 is 0 Å². The zero-order valence-electron chi connectivity index (χ0n) is 34.8. The van der Waals surface area contributed by atoms with Crippen LogP contribution in [0.25, 0.3) is 0 Å². The summed E-state index contributed by atoms with van der Waals surface area (Å²) >= 11 is 0. The van der Waals surface area contributed by atoms with Gasteiger partial charge in [-0.25, -0.2) is 0 Å². The highest BCUT2D eigenvalue weighted by molar-refractivity contribution is 5.73. The van der Waals surface area contributed by atoms with Gasteiger partial charge in [0.05, 0.1) is 42.0 Å². The van der Waals surface area contributed by atoms with Crippen LogP contribution in [0.4, 0.5) is 0 Å². The van der Waals surface area contributed by atoms with Crippen molar-refractivity contribution in [1.82, 2.24) is 15.1 Å². The third-order valence-corrected chi connectivity index (χ3v) is 12.2. The Kier molecular flexibility index (Phi) is 17.3. The Labute approximate surface area is 315 Å². The highest BCUT2D eigenvalue weighted by Gasteiger charge is 2.49. The van der Waals surface area contributed by atoms with E-state index < -0.39 is 66.0 Å². The Bertz CT molecular complexity index is 1070. The minimum Gasteiger partial charge on any atom is -0.459 e. The van der Waals surface area contributed by atoms with E-state index in [-0.39, 0.29) is 30.7 Å². The lowest BCUT2D eigenvalue weighted by molar-refractivity contribution is -0.287. The second kappa shape index (κ2) is 19.8. The number of esters is 1. The van der Waals surface area contributed by atoms with Crippen molar-refractivity contribution in [2.45, 2.75) is 174 Å². The van der Waals surface area contributed by atoms with E-state index in [1.54, 1.807) is 13.8 Å². The standard InChI is InChI=1S/C40H77N3O9/c1-14-16-41-21-31-25(4)17-34(49-29(31)8)51-36-27(6)37(52-35-19-30(42(11)12)18-26(5)48-35)39(9,46)20-24(3)22-43(13)23-32(44)40(10,47)33(15-2)50-38(45)28(36)7/h24-37,41,44,46-47H,14-23H2,1-13H3/t24-,25?,26-,27+,28-,29?,30?,31?,32-,33-,34+,35+,36+,37-,39-,40?/m1/s1. The average molecular weight is 744 g/mol. The van der Waals surface area contributed by atoms with Crippen molar-refractivity contribution in [3.8, 4) is 0 Å². The van der Waals surface area contributed by atoms with Gasteiger partial charge in [-0.2, -0.15) is 0 Å². The lowest BCUT2D eigenvalue weighted by atomic mass is 9.77. The van der Waals surface area contributed by atoms with Gasteiger partial charge in [0.1, 0.15) is 11.7 Å². The molecule has 0 aliphatic carbocycles. The Morgan fingerprint density at radius 2 is 1.62 bits per heavy atom. The number of cyclic esters (lactones) is 1. The molecule has 3 rings (SSSR count). The minimum absolute atomic E-state index is 0.0143. The lowest BCUT2D eigenvalue weighted by Gasteiger charge is -2.47. The largest absolute Gasteiger partial charge is 0.459 e. The zero-order valence-corrected chi connectivity index (χ0v) is 34.8. The Balaban J connectivity index is 2.06. The normalized spacial score (nSPS) is 45.3. The van der Waals surface area contributed by atoms with E-state index in [9.17, 15) is 20.1 Å². The van der Waals surface area contributed by atoms with Crippen molar-refractivity contribution in [1.29, 1.82) is 0 Å². The Hall–Kier alpha value is -0.930. The minimum atomic E-state index is -1.70. The van der Waals surface area contributed by atoms with Crippen molar-refractivity contribution in [3.05, 3.63) is 0 Å². The highest BCUT2D eigenvalue weighted by Crippen LogP contribution is 2.39. The summed E-state index contributed by atoms with van der Waals surface area (Å²) in [6.07, 6.45) is -1.09. The van der Waals surface area contributed by atoms with E-state index in [4.69, 9.17) is 23.7 Å². The number of likely N-dealkylation sites (N-methyl/N-ethyl adjacent to an activating group) is 1. The SMILES string of the molecule is CCCNCC1C(C)C[C@H](O[C@H]2[C@H](C)[C@@H](O[C@H]3CC(N(C)C)C[C@@H](C)O3)[C@](C)(O)C[C@@H](C)CN(C)C[C@@H](O)C(C)(O)[C@@H](CC)OC(=O)[C@@H]2C)OC1C. The molecule has 5 unspecified atom stereocenters. The first kappa shape index (κ1) is 45.5. The van der Waals surface area contributed by atoms with Crippen molar-refractivity contribution in [3.63, 3.8) is 0 Å². The first-order valence-electron chi connectivity index (χ1n) is 20.2. The number of carbonyl (C=O) groups is 1. The molecule has 0 saturated carbocycles. The molecule has 0 aromatic heterocycles. The first-order valence-corrected chi connectivity index (χ1v) is 20.2. The second-order valence-electron chi connectivity index (χ2n) is 17.6. The Morgan fingerprint density at radius 3 is 2.21 bits per heavy atom. The molecule has 0 amide bonds. The Morgan fingerprint density at radius 1 is 0.962 bits per heavy atom. The summed E-state index contributed by atoms with van der Waals surface area (Å²) in [6, 6.07) is 0.244. The summed E-state index contributed by atoms with van der Waals surface area (Å²) in [5.74, 6) is -1.31. The van der Waals surface area contributed by atoms with E-state index in [1.807, 2.05) is 32.7 Å². The van der Waals surface area contributed by atoms with Crippen LogP contribution < -0.4 is 5.32 Å². The summed E-state index contributed by atoms with van der Waals surface area (Å²) in [4.78, 5) is 18.3. The van der Waals surface area contributed by atoms with Crippen molar-refractivity contribution >= 4 is 5.97 Å². The molecule has 12 nitrogen and oxygen atoms in total. The van der Waals surface area contributed by atoms with Gasteiger partial charge in [-0.15, -0.1) is 0 Å². The number of ether oxygens (including phenoxy) is 5. The number of carbonyl (C=O) groups excluding carboxylic acids is 1. The summed E-state index contributed by atoms with van der Waals surface area (Å²) < 4.78 is 32.8. The molecular formula is C40H77N3O9. The number of rotatable bonds is 10. The molecule has 3 saturated heterocycles. The van der Waals surface area contributed by atoms with Gasteiger partial charge < -0.3 is 54.1 Å². The molecule has 0 aromatic carbocycles. The van der Waals surface area contributed by atoms with Gasteiger partial charge in [0.25, 0.3) is 0 Å². The van der Waals surface area contributed by atoms with Crippen molar-refractivity contribution < 1.29 is 43.8 Å². The number of aliphatic hydroxyl groups excluding tert-OH is 1. The van der Waals surface area contributed by atoms with Crippen LogP contribution in [0, 0.1) is 29.6 Å². The monoisotopic (exact) mass is 744 g/mol. The number of hydrogen-bond acceptors (Lipinski definition) is 12. The fourth-order valence-corrected chi connectivity index (χ4v) is 9.05. The van der Waals surface area contributed by atoms with Crippen LogP contribution in [0.2, 0.25) is 0 Å². The average Bonchev–Trinajstić information content (AvgIpc) is 3.04. The van der Waals surface area contributed by atoms with Crippen LogP contribution in [-0.2, 0) is 28.5 Å². The zero-order chi connectivity index (χ0) is 39.1. The van der Waals surface area contributed by atoms with Crippen LogP contribution >= 0.6 is 0 Å². The summed E-state index contributed by atoms with van der Waals surface area (Å²) in [6.45, 7) is 22.0. The molecule has 3 fully saturated rings. The first-order chi connectivity index (χ1) is 24.2. The fraction of sp³-hybridized carbons (Fsp3) is 0.975. The molecule has 52 heavy (non-hydrogen) atoms. The fourth-order valence-electron chi connectivity index (χ4n) is 9.05.